The number of anilines is 1. The molecule has 0 saturated carbocycles. The number of thioether (sulfide) groups is 1. The Bertz CT molecular complexity index is 1300. The third-order valence-corrected chi connectivity index (χ3v) is 6.46. The molecule has 0 unspecified atom stereocenters. The average Bonchev–Trinajstić information content (AvgIpc) is 3.40. The van der Waals surface area contributed by atoms with E-state index >= 15 is 4.39 Å². The minimum absolute atomic E-state index is 0.0100. The lowest BCUT2D eigenvalue weighted by Crippen LogP contribution is -2.42. The lowest BCUT2D eigenvalue weighted by Gasteiger charge is -2.40. The minimum atomic E-state index is -1.64. The maximum Gasteiger partial charge on any atom is 0.275 e. The summed E-state index contributed by atoms with van der Waals surface area (Å²) in [7, 11) is 0. The van der Waals surface area contributed by atoms with Gasteiger partial charge in [-0.05, 0) is 25.1 Å². The maximum atomic E-state index is 15.0. The van der Waals surface area contributed by atoms with E-state index < -0.39 is 28.7 Å². The lowest BCUT2D eigenvalue weighted by atomic mass is 9.81. The van der Waals surface area contributed by atoms with Gasteiger partial charge in [-0.25, -0.2) is 23.7 Å². The van der Waals surface area contributed by atoms with Gasteiger partial charge in [0.2, 0.25) is 5.88 Å². The molecule has 0 radical (unpaired) electrons. The predicted molar refractivity (Wildman–Crippen MR) is 126 cm³/mol. The number of aliphatic imine (C=N–C) groups is 1. The number of amidine groups is 1. The van der Waals surface area contributed by atoms with Gasteiger partial charge in [-0.1, -0.05) is 17.7 Å². The van der Waals surface area contributed by atoms with Crippen molar-refractivity contribution in [1.29, 1.82) is 0 Å². The number of nitrogens with one attached hydrogen (secondary N) is 2. The Morgan fingerprint density at radius 2 is 2.20 bits per heavy atom. The lowest BCUT2D eigenvalue weighted by molar-refractivity contribution is 0.102. The number of hydrogen-bond acceptors (Lipinski definition) is 9. The average molecular weight is 499 g/mol. The van der Waals surface area contributed by atoms with Crippen molar-refractivity contribution < 1.29 is 18.3 Å². The highest BCUT2D eigenvalue weighted by Gasteiger charge is 2.48. The van der Waals surface area contributed by atoms with E-state index in [9.17, 15) is 9.18 Å². The van der Waals surface area contributed by atoms with Crippen LogP contribution in [0.4, 0.5) is 14.5 Å². The molecule has 1 amide bonds. The van der Waals surface area contributed by atoms with E-state index in [1.165, 1.54) is 42.5 Å². The van der Waals surface area contributed by atoms with E-state index in [1.807, 2.05) is 0 Å². The quantitative estimate of drug-likeness (QED) is 0.422. The fourth-order valence-corrected chi connectivity index (χ4v) is 4.98. The molecule has 0 aliphatic carbocycles. The summed E-state index contributed by atoms with van der Waals surface area (Å²) in [5, 5.41) is 13.1. The number of hydrogen-bond donors (Lipinski definition) is 3. The second kappa shape index (κ2) is 9.67. The van der Waals surface area contributed by atoms with Crippen LogP contribution in [-0.4, -0.2) is 49.7 Å². The molecule has 0 fully saturated rings. The molecule has 10 nitrogen and oxygen atoms in total. The fraction of sp³-hybridized carbons (Fsp3) is 0.273. The Balaban J connectivity index is 1.62. The van der Waals surface area contributed by atoms with E-state index in [4.69, 9.17) is 16.9 Å². The predicted octanol–water partition coefficient (Wildman–Crippen LogP) is 2.53. The number of nitrogens with two attached hydrogens (primary N) is 1. The van der Waals surface area contributed by atoms with Crippen molar-refractivity contribution >= 4 is 28.5 Å². The van der Waals surface area contributed by atoms with Gasteiger partial charge in [-0.2, -0.15) is 15.4 Å². The van der Waals surface area contributed by atoms with Crippen molar-refractivity contribution in [3.05, 3.63) is 59.6 Å². The highest BCUT2D eigenvalue weighted by atomic mass is 32.2. The van der Waals surface area contributed by atoms with E-state index in [2.05, 4.69) is 41.6 Å². The van der Waals surface area contributed by atoms with Crippen LogP contribution in [0.15, 0.2) is 41.8 Å². The van der Waals surface area contributed by atoms with Gasteiger partial charge < -0.3 is 15.8 Å². The Labute approximate surface area is 203 Å². The van der Waals surface area contributed by atoms with Crippen molar-refractivity contribution in [2.75, 3.05) is 18.6 Å². The summed E-state index contributed by atoms with van der Waals surface area (Å²) < 4.78 is 34.0. The van der Waals surface area contributed by atoms with Crippen LogP contribution < -0.4 is 15.8 Å². The molecule has 0 spiro atoms. The number of alkyl halides is 1. The first-order chi connectivity index (χ1) is 16.8. The van der Waals surface area contributed by atoms with Crippen molar-refractivity contribution in [3.8, 4) is 18.2 Å². The molecule has 3 heterocycles. The first-order valence-corrected chi connectivity index (χ1v) is 11.1. The second-order valence-electron chi connectivity index (χ2n) is 7.86. The number of halogens is 2. The Morgan fingerprint density at radius 3 is 2.86 bits per heavy atom. The number of aromatic amines is 1. The third-order valence-electron chi connectivity index (χ3n) is 5.35. The van der Waals surface area contributed by atoms with Crippen molar-refractivity contribution in [2.45, 2.75) is 23.6 Å². The number of H-pyrrole nitrogens is 1. The molecule has 2 atom stereocenters. The molecule has 1 aliphatic rings. The summed E-state index contributed by atoms with van der Waals surface area (Å²) in [5.41, 5.74) is 5.08. The molecule has 180 valence electrons. The first-order valence-electron chi connectivity index (χ1n) is 10.2. The van der Waals surface area contributed by atoms with Crippen LogP contribution in [0.5, 0.6) is 5.88 Å². The number of ether oxygens (including phenoxy) is 1. The summed E-state index contributed by atoms with van der Waals surface area (Å²) in [5.74, 6) is 1.15. The summed E-state index contributed by atoms with van der Waals surface area (Å²) in [6, 6.07) is 3.81. The van der Waals surface area contributed by atoms with Crippen LogP contribution in [0, 0.1) is 18.2 Å². The standard InChI is InChI=1S/C22H20F2N8O2S/c1-3-6-34-18-10-26-16(8-27-18)19(33)29-13-4-5-15(24)14(7-13)22(12-23)11-21(2,35-20(25)30-22)17-9-28-32-31-17/h1,4-5,7-10H,6,11-12H2,2H3,(H2,25,30)(H,29,33)(H,28,31,32)/t21-,22-/m1/s1. The molecule has 1 aromatic carbocycles. The topological polar surface area (TPSA) is 144 Å². The van der Waals surface area contributed by atoms with Gasteiger partial charge in [-0.15, -0.1) is 6.42 Å². The number of terminal acetylenes is 1. The molecular weight excluding hydrogens is 478 g/mol. The molecule has 35 heavy (non-hydrogen) atoms. The normalized spacial score (nSPS) is 21.6. The number of aromatic nitrogens is 5. The van der Waals surface area contributed by atoms with E-state index in [1.54, 1.807) is 6.92 Å². The zero-order chi connectivity index (χ0) is 25.1. The van der Waals surface area contributed by atoms with Gasteiger partial charge in [0.25, 0.3) is 5.91 Å². The zero-order valence-electron chi connectivity index (χ0n) is 18.5. The number of carbonyl (C=O) groups excluding carboxylic acids is 1. The SMILES string of the molecule is C#CCOc1cnc(C(=O)Nc2ccc(F)c([C@]3(CF)C[C@](C)(c4cn[nH]n4)SC(N)=N3)c2)cn1. The van der Waals surface area contributed by atoms with Crippen LogP contribution in [0.1, 0.15) is 35.1 Å². The van der Waals surface area contributed by atoms with Crippen LogP contribution in [0.2, 0.25) is 0 Å². The van der Waals surface area contributed by atoms with Gasteiger partial charge in [0.1, 0.15) is 23.7 Å². The Kier molecular flexibility index (Phi) is 6.65. The van der Waals surface area contributed by atoms with Crippen molar-refractivity contribution in [3.63, 3.8) is 0 Å². The van der Waals surface area contributed by atoms with Gasteiger partial charge in [0, 0.05) is 17.7 Å². The van der Waals surface area contributed by atoms with Crippen LogP contribution >= 0.6 is 11.8 Å². The molecule has 0 bridgehead atoms. The van der Waals surface area contributed by atoms with Gasteiger partial charge in [0.05, 0.1) is 29.0 Å². The molecule has 1 aliphatic heterocycles. The van der Waals surface area contributed by atoms with Crippen molar-refractivity contribution in [1.82, 2.24) is 25.4 Å². The minimum Gasteiger partial charge on any atom is -0.463 e. The number of amides is 1. The molecule has 4 rings (SSSR count). The van der Waals surface area contributed by atoms with Crippen LogP contribution in [0.25, 0.3) is 0 Å². The zero-order valence-corrected chi connectivity index (χ0v) is 19.3. The van der Waals surface area contributed by atoms with Gasteiger partial charge >= 0.3 is 0 Å². The first kappa shape index (κ1) is 24.1. The van der Waals surface area contributed by atoms with E-state index in [-0.39, 0.29) is 41.0 Å². The van der Waals surface area contributed by atoms with Gasteiger partial charge in [-0.3, -0.25) is 4.79 Å². The van der Waals surface area contributed by atoms with E-state index in [0.717, 1.165) is 6.07 Å². The number of nitrogens with zero attached hydrogens (tertiary/aromatic N) is 5. The Hall–Kier alpha value is -4.05. The number of rotatable bonds is 7. The monoisotopic (exact) mass is 498 g/mol. The molecular formula is C22H20F2N8O2S. The molecule has 2 aromatic heterocycles. The second-order valence-corrected chi connectivity index (χ2v) is 9.39. The van der Waals surface area contributed by atoms with Crippen LogP contribution in [0.3, 0.4) is 0 Å². The van der Waals surface area contributed by atoms with E-state index in [0.29, 0.717) is 5.69 Å². The molecule has 4 N–H and O–H groups in total. The number of benzene rings is 1. The molecule has 13 heteroatoms. The summed E-state index contributed by atoms with van der Waals surface area (Å²) in [6.07, 6.45) is 9.14. The molecule has 0 saturated heterocycles. The van der Waals surface area contributed by atoms with Crippen molar-refractivity contribution in [2.24, 2.45) is 10.7 Å². The number of carbonyl (C=O) groups is 1. The molecule has 3 aromatic rings. The Morgan fingerprint density at radius 1 is 1.37 bits per heavy atom. The van der Waals surface area contributed by atoms with Crippen LogP contribution in [-0.2, 0) is 10.3 Å². The summed E-state index contributed by atoms with van der Waals surface area (Å²) in [6.45, 7) is 0.789. The largest absolute Gasteiger partial charge is 0.463 e. The fourth-order valence-electron chi connectivity index (χ4n) is 3.78. The highest BCUT2D eigenvalue weighted by molar-refractivity contribution is 8.14. The van der Waals surface area contributed by atoms with Gasteiger partial charge in [0.15, 0.2) is 11.8 Å². The highest BCUT2D eigenvalue weighted by Crippen LogP contribution is 2.51. The third kappa shape index (κ3) is 4.92. The summed E-state index contributed by atoms with van der Waals surface area (Å²) in [4.78, 5) is 24.9. The summed E-state index contributed by atoms with van der Waals surface area (Å²) >= 11 is 1.19. The maximum absolute atomic E-state index is 15.0. The smallest absolute Gasteiger partial charge is 0.275 e.